The molecule has 1 aliphatic rings. The van der Waals surface area contributed by atoms with Crippen molar-refractivity contribution in [2.45, 2.75) is 17.9 Å². The van der Waals surface area contributed by atoms with Crippen LogP contribution in [0, 0.1) is 0 Å². The van der Waals surface area contributed by atoms with Gasteiger partial charge < -0.3 is 9.47 Å². The van der Waals surface area contributed by atoms with Crippen LogP contribution in [0.1, 0.15) is 28.9 Å². The van der Waals surface area contributed by atoms with Gasteiger partial charge in [-0.3, -0.25) is 0 Å². The van der Waals surface area contributed by atoms with Crippen LogP contribution in [0.4, 0.5) is 0 Å². The minimum absolute atomic E-state index is 0.145. The van der Waals surface area contributed by atoms with E-state index in [1.807, 2.05) is 0 Å². The molecule has 1 atom stereocenters. The molecule has 0 aliphatic carbocycles. The van der Waals surface area contributed by atoms with E-state index in [-0.39, 0.29) is 10.5 Å². The molecule has 1 heterocycles. The summed E-state index contributed by atoms with van der Waals surface area (Å²) in [5, 5.41) is 0.606. The number of sulfonamides is 1. The van der Waals surface area contributed by atoms with Gasteiger partial charge in [0.1, 0.15) is 6.10 Å². The second-order valence-electron chi connectivity index (χ2n) is 6.14. The van der Waals surface area contributed by atoms with Gasteiger partial charge in [-0.05, 0) is 48.9 Å². The van der Waals surface area contributed by atoms with Crippen molar-refractivity contribution in [1.29, 1.82) is 0 Å². The molecular weight excluding hydrogens is 390 g/mol. The van der Waals surface area contributed by atoms with Gasteiger partial charge in [0.15, 0.2) is 0 Å². The van der Waals surface area contributed by atoms with Crippen molar-refractivity contribution in [3.8, 4) is 0 Å². The molecule has 0 N–H and O–H groups in total. The molecule has 1 saturated heterocycles. The number of nitrogens with zero attached hydrogens (tertiary/aromatic N) is 1. The standard InChI is InChI=1S/C19H20ClNO5S/c1-14(15-2-6-17(20)7-3-15)26-19(22)16-4-8-18(9-5-16)27(23,24)21-10-12-25-13-11-21/h2-9,14H,10-13H2,1H3/t14-/m1/s1. The first kappa shape index (κ1) is 19.8. The Labute approximate surface area is 163 Å². The molecule has 2 aromatic carbocycles. The largest absolute Gasteiger partial charge is 0.454 e. The van der Waals surface area contributed by atoms with Gasteiger partial charge in [-0.1, -0.05) is 23.7 Å². The number of ether oxygens (including phenoxy) is 2. The first-order valence-corrected chi connectivity index (χ1v) is 10.3. The zero-order chi connectivity index (χ0) is 19.4. The lowest BCUT2D eigenvalue weighted by molar-refractivity contribution is 0.0338. The molecule has 2 aromatic rings. The molecule has 0 radical (unpaired) electrons. The summed E-state index contributed by atoms with van der Waals surface area (Å²) in [5.74, 6) is -0.521. The summed E-state index contributed by atoms with van der Waals surface area (Å²) in [5.41, 5.74) is 1.11. The lowest BCUT2D eigenvalue weighted by Gasteiger charge is -2.26. The summed E-state index contributed by atoms with van der Waals surface area (Å²) in [4.78, 5) is 12.5. The minimum atomic E-state index is -3.59. The van der Waals surface area contributed by atoms with Gasteiger partial charge in [0.05, 0.1) is 23.7 Å². The molecule has 3 rings (SSSR count). The molecule has 8 heteroatoms. The lowest BCUT2D eigenvalue weighted by atomic mass is 10.1. The van der Waals surface area contributed by atoms with Crippen molar-refractivity contribution in [2.75, 3.05) is 26.3 Å². The highest BCUT2D eigenvalue weighted by Gasteiger charge is 2.26. The van der Waals surface area contributed by atoms with Crippen LogP contribution in [0.3, 0.4) is 0 Å². The maximum absolute atomic E-state index is 12.6. The number of halogens is 1. The fraction of sp³-hybridized carbons (Fsp3) is 0.316. The first-order valence-electron chi connectivity index (χ1n) is 8.52. The molecule has 144 valence electrons. The van der Waals surface area contributed by atoms with E-state index in [2.05, 4.69) is 0 Å². The van der Waals surface area contributed by atoms with E-state index in [1.165, 1.54) is 28.6 Å². The molecule has 27 heavy (non-hydrogen) atoms. The quantitative estimate of drug-likeness (QED) is 0.708. The van der Waals surface area contributed by atoms with Crippen LogP contribution >= 0.6 is 11.6 Å². The van der Waals surface area contributed by atoms with Crippen LogP contribution in [-0.2, 0) is 19.5 Å². The molecule has 1 fully saturated rings. The number of morpholine rings is 1. The smallest absolute Gasteiger partial charge is 0.338 e. The van der Waals surface area contributed by atoms with Crippen LogP contribution < -0.4 is 0 Å². The normalized spacial score (nSPS) is 16.7. The molecule has 6 nitrogen and oxygen atoms in total. The van der Waals surface area contributed by atoms with Gasteiger partial charge in [0.25, 0.3) is 0 Å². The number of esters is 1. The van der Waals surface area contributed by atoms with Crippen LogP contribution in [-0.4, -0.2) is 45.0 Å². The van der Waals surface area contributed by atoms with Crippen LogP contribution in [0.2, 0.25) is 5.02 Å². The molecule has 0 aromatic heterocycles. The molecule has 0 spiro atoms. The number of carbonyl (C=O) groups excluding carboxylic acids is 1. The summed E-state index contributed by atoms with van der Waals surface area (Å²) < 4.78 is 37.2. The summed E-state index contributed by atoms with van der Waals surface area (Å²) >= 11 is 5.86. The van der Waals surface area contributed by atoms with Crippen LogP contribution in [0.15, 0.2) is 53.4 Å². The van der Waals surface area contributed by atoms with Crippen molar-refractivity contribution in [3.63, 3.8) is 0 Å². The summed E-state index contributed by atoms with van der Waals surface area (Å²) in [6, 6.07) is 12.8. The van der Waals surface area contributed by atoms with E-state index in [0.717, 1.165) is 5.56 Å². The third-order valence-corrected chi connectivity index (χ3v) is 6.49. The van der Waals surface area contributed by atoms with E-state index in [9.17, 15) is 13.2 Å². The average molecular weight is 410 g/mol. The van der Waals surface area contributed by atoms with Crippen LogP contribution in [0.25, 0.3) is 0 Å². The number of carbonyl (C=O) groups is 1. The maximum Gasteiger partial charge on any atom is 0.338 e. The molecule has 1 aliphatic heterocycles. The number of benzene rings is 2. The SMILES string of the molecule is C[C@@H](OC(=O)c1ccc(S(=O)(=O)N2CCOCC2)cc1)c1ccc(Cl)cc1. The Hall–Kier alpha value is -1.93. The number of hydrogen-bond donors (Lipinski definition) is 0. The van der Waals surface area contributed by atoms with Crippen LogP contribution in [0.5, 0.6) is 0 Å². The Morgan fingerprint density at radius 2 is 1.67 bits per heavy atom. The number of rotatable bonds is 5. The van der Waals surface area contributed by atoms with Gasteiger partial charge in [-0.25, -0.2) is 13.2 Å². The Bertz CT molecular complexity index is 891. The highest BCUT2D eigenvalue weighted by Crippen LogP contribution is 2.22. The van der Waals surface area contributed by atoms with E-state index in [0.29, 0.717) is 31.3 Å². The van der Waals surface area contributed by atoms with Gasteiger partial charge in [0, 0.05) is 18.1 Å². The van der Waals surface area contributed by atoms with Crippen molar-refractivity contribution >= 4 is 27.6 Å². The van der Waals surface area contributed by atoms with E-state index < -0.39 is 22.1 Å². The topological polar surface area (TPSA) is 72.9 Å². The zero-order valence-corrected chi connectivity index (χ0v) is 16.4. The average Bonchev–Trinajstić information content (AvgIpc) is 2.69. The van der Waals surface area contributed by atoms with Crippen molar-refractivity contribution in [2.24, 2.45) is 0 Å². The van der Waals surface area contributed by atoms with Gasteiger partial charge >= 0.3 is 5.97 Å². The third-order valence-electron chi connectivity index (χ3n) is 4.32. The van der Waals surface area contributed by atoms with E-state index >= 15 is 0 Å². The molecular formula is C19H20ClNO5S. The van der Waals surface area contributed by atoms with E-state index in [1.54, 1.807) is 31.2 Å². The summed E-state index contributed by atoms with van der Waals surface area (Å²) in [6.45, 7) is 3.17. The van der Waals surface area contributed by atoms with Gasteiger partial charge in [-0.15, -0.1) is 0 Å². The Morgan fingerprint density at radius 1 is 1.07 bits per heavy atom. The minimum Gasteiger partial charge on any atom is -0.454 e. The summed E-state index contributed by atoms with van der Waals surface area (Å²) in [6.07, 6.45) is -0.452. The predicted octanol–water partition coefficient (Wildman–Crippen LogP) is 3.28. The monoisotopic (exact) mass is 409 g/mol. The van der Waals surface area contributed by atoms with Crippen molar-refractivity contribution in [3.05, 3.63) is 64.7 Å². The number of hydrogen-bond acceptors (Lipinski definition) is 5. The Balaban J connectivity index is 1.69. The second-order valence-corrected chi connectivity index (χ2v) is 8.51. The molecule has 0 saturated carbocycles. The predicted molar refractivity (Wildman–Crippen MR) is 101 cm³/mol. The van der Waals surface area contributed by atoms with Crippen molar-refractivity contribution < 1.29 is 22.7 Å². The van der Waals surface area contributed by atoms with Crippen molar-refractivity contribution in [1.82, 2.24) is 4.31 Å². The Morgan fingerprint density at radius 3 is 2.26 bits per heavy atom. The molecule has 0 bridgehead atoms. The second kappa shape index (κ2) is 8.39. The highest BCUT2D eigenvalue weighted by atomic mass is 35.5. The first-order chi connectivity index (χ1) is 12.9. The highest BCUT2D eigenvalue weighted by molar-refractivity contribution is 7.89. The third kappa shape index (κ3) is 4.68. The summed E-state index contributed by atoms with van der Waals surface area (Å²) in [7, 11) is -3.59. The van der Waals surface area contributed by atoms with Gasteiger partial charge in [0.2, 0.25) is 10.0 Å². The maximum atomic E-state index is 12.6. The molecule has 0 unspecified atom stereocenters. The molecule has 0 amide bonds. The van der Waals surface area contributed by atoms with E-state index in [4.69, 9.17) is 21.1 Å². The fourth-order valence-electron chi connectivity index (χ4n) is 2.73. The van der Waals surface area contributed by atoms with Gasteiger partial charge in [-0.2, -0.15) is 4.31 Å². The zero-order valence-electron chi connectivity index (χ0n) is 14.8. The fourth-order valence-corrected chi connectivity index (χ4v) is 4.26. The Kier molecular flexibility index (Phi) is 6.16. The lowest BCUT2D eigenvalue weighted by Crippen LogP contribution is -2.40.